The predicted molar refractivity (Wildman–Crippen MR) is 125 cm³/mol. The molecule has 32 heavy (non-hydrogen) atoms. The first-order chi connectivity index (χ1) is 15.5. The third kappa shape index (κ3) is 4.75. The summed E-state index contributed by atoms with van der Waals surface area (Å²) in [6.07, 6.45) is 4.34. The Morgan fingerprint density at radius 3 is 1.72 bits per heavy atom. The van der Waals surface area contributed by atoms with Crippen molar-refractivity contribution in [3.05, 3.63) is 95.1 Å². The van der Waals surface area contributed by atoms with Crippen LogP contribution in [0.2, 0.25) is 0 Å². The van der Waals surface area contributed by atoms with Crippen LogP contribution in [0.3, 0.4) is 0 Å². The van der Waals surface area contributed by atoms with E-state index in [-0.39, 0.29) is 11.8 Å². The Morgan fingerprint density at radius 2 is 1.22 bits per heavy atom. The highest BCUT2D eigenvalue weighted by Gasteiger charge is 2.29. The molecule has 0 aromatic heterocycles. The van der Waals surface area contributed by atoms with Crippen LogP contribution in [0.4, 0.5) is 0 Å². The molecule has 3 aromatic carbocycles. The van der Waals surface area contributed by atoms with E-state index in [0.717, 1.165) is 36.8 Å². The van der Waals surface area contributed by atoms with Gasteiger partial charge in [-0.15, -0.1) is 0 Å². The molecule has 4 heteroatoms. The highest BCUT2D eigenvalue weighted by molar-refractivity contribution is 5.93. The fraction of sp³-hybridized carbons (Fsp3) is 0.286. The van der Waals surface area contributed by atoms with Crippen LogP contribution in [-0.4, -0.2) is 11.9 Å². The number of hydrogen-bond acceptors (Lipinski definition) is 4. The van der Waals surface area contributed by atoms with Gasteiger partial charge >= 0.3 is 11.9 Å². The lowest BCUT2D eigenvalue weighted by molar-refractivity contribution is 0.0678. The van der Waals surface area contributed by atoms with Crippen molar-refractivity contribution >= 4 is 11.9 Å². The maximum atomic E-state index is 13.0. The Kier molecular flexibility index (Phi) is 6.69. The van der Waals surface area contributed by atoms with E-state index in [2.05, 4.69) is 0 Å². The summed E-state index contributed by atoms with van der Waals surface area (Å²) in [6.45, 7) is 4.07. The fourth-order valence-corrected chi connectivity index (χ4v) is 4.27. The molecule has 1 saturated carbocycles. The van der Waals surface area contributed by atoms with Crippen molar-refractivity contribution in [2.45, 2.75) is 51.4 Å². The second-order valence-corrected chi connectivity index (χ2v) is 8.55. The van der Waals surface area contributed by atoms with E-state index in [4.69, 9.17) is 9.47 Å². The molecule has 0 atom stereocenters. The van der Waals surface area contributed by atoms with Crippen molar-refractivity contribution < 1.29 is 19.1 Å². The largest absolute Gasteiger partial charge is 0.419 e. The van der Waals surface area contributed by atoms with Gasteiger partial charge in [0.15, 0.2) is 11.5 Å². The number of rotatable bonds is 6. The van der Waals surface area contributed by atoms with Gasteiger partial charge in [0.05, 0.1) is 11.1 Å². The summed E-state index contributed by atoms with van der Waals surface area (Å²) < 4.78 is 11.9. The number of ether oxygens (including phenoxy) is 2. The van der Waals surface area contributed by atoms with Gasteiger partial charge in [0, 0.05) is 11.1 Å². The molecule has 0 aliphatic heterocycles. The molecule has 1 aliphatic rings. The van der Waals surface area contributed by atoms with Gasteiger partial charge < -0.3 is 9.47 Å². The molecule has 3 aromatic rings. The lowest BCUT2D eigenvalue weighted by Crippen LogP contribution is -2.16. The number of esters is 2. The van der Waals surface area contributed by atoms with E-state index in [1.165, 1.54) is 0 Å². The maximum absolute atomic E-state index is 13.0. The van der Waals surface area contributed by atoms with Crippen molar-refractivity contribution in [2.24, 2.45) is 0 Å². The lowest BCUT2D eigenvalue weighted by Gasteiger charge is -2.22. The fourth-order valence-electron chi connectivity index (χ4n) is 4.27. The van der Waals surface area contributed by atoms with E-state index in [1.54, 1.807) is 48.5 Å². The average Bonchev–Trinajstić information content (AvgIpc) is 3.35. The molecule has 0 unspecified atom stereocenters. The van der Waals surface area contributed by atoms with Crippen molar-refractivity contribution in [3.63, 3.8) is 0 Å². The van der Waals surface area contributed by atoms with Gasteiger partial charge in [-0.3, -0.25) is 0 Å². The summed E-state index contributed by atoms with van der Waals surface area (Å²) >= 11 is 0. The summed E-state index contributed by atoms with van der Waals surface area (Å²) in [7, 11) is 0. The average molecular weight is 429 g/mol. The van der Waals surface area contributed by atoms with Gasteiger partial charge in [0.1, 0.15) is 0 Å². The molecule has 0 spiro atoms. The van der Waals surface area contributed by atoms with Crippen LogP contribution in [0.15, 0.2) is 72.8 Å². The molecule has 0 bridgehead atoms. The first kappa shape index (κ1) is 21.8. The molecule has 0 N–H and O–H groups in total. The minimum absolute atomic E-state index is 0.0837. The Labute approximate surface area is 189 Å². The minimum Gasteiger partial charge on any atom is -0.419 e. The monoisotopic (exact) mass is 428 g/mol. The van der Waals surface area contributed by atoms with Crippen LogP contribution in [0.25, 0.3) is 0 Å². The molecule has 0 heterocycles. The maximum Gasteiger partial charge on any atom is 0.343 e. The lowest BCUT2D eigenvalue weighted by atomic mass is 9.92. The smallest absolute Gasteiger partial charge is 0.343 e. The third-order valence-corrected chi connectivity index (χ3v) is 6.00. The Morgan fingerprint density at radius 1 is 0.719 bits per heavy atom. The van der Waals surface area contributed by atoms with E-state index in [0.29, 0.717) is 22.6 Å². The SMILES string of the molecule is CC(C)c1ccc(C2CCCC2)c(OC(=O)c2ccccc2)c1OC(=O)c1ccccc1. The molecule has 4 rings (SSSR count). The predicted octanol–water partition coefficient (Wildman–Crippen LogP) is 6.91. The molecule has 1 aliphatic carbocycles. The van der Waals surface area contributed by atoms with Gasteiger partial charge in [0.2, 0.25) is 0 Å². The van der Waals surface area contributed by atoms with Crippen LogP contribution in [0.5, 0.6) is 11.5 Å². The molecule has 0 amide bonds. The first-order valence-corrected chi connectivity index (χ1v) is 11.3. The Hall–Kier alpha value is -3.40. The molecule has 1 fully saturated rings. The van der Waals surface area contributed by atoms with Crippen LogP contribution < -0.4 is 9.47 Å². The molecular weight excluding hydrogens is 400 g/mol. The zero-order valence-electron chi connectivity index (χ0n) is 18.5. The van der Waals surface area contributed by atoms with Crippen molar-refractivity contribution in [1.82, 2.24) is 0 Å². The summed E-state index contributed by atoms with van der Waals surface area (Å²) in [5, 5.41) is 0. The van der Waals surface area contributed by atoms with Gasteiger partial charge in [-0.1, -0.05) is 75.2 Å². The molecule has 0 radical (unpaired) electrons. The van der Waals surface area contributed by atoms with Crippen molar-refractivity contribution in [1.29, 1.82) is 0 Å². The van der Waals surface area contributed by atoms with Crippen LogP contribution in [0.1, 0.15) is 83.2 Å². The van der Waals surface area contributed by atoms with E-state index >= 15 is 0 Å². The van der Waals surface area contributed by atoms with Crippen molar-refractivity contribution in [3.8, 4) is 11.5 Å². The number of hydrogen-bond donors (Lipinski definition) is 0. The van der Waals surface area contributed by atoms with E-state index in [1.807, 2.05) is 38.1 Å². The molecule has 0 saturated heterocycles. The topological polar surface area (TPSA) is 52.6 Å². The van der Waals surface area contributed by atoms with E-state index < -0.39 is 11.9 Å². The summed E-state index contributed by atoms with van der Waals surface area (Å²) in [5.41, 5.74) is 2.69. The number of carbonyl (C=O) groups is 2. The standard InChI is InChI=1S/C28H28O4/c1-19(2)23-17-18-24(20-11-9-10-12-20)26(32-28(30)22-15-7-4-8-16-22)25(23)31-27(29)21-13-5-3-6-14-21/h3-8,13-20H,9-12H2,1-2H3. The second kappa shape index (κ2) is 9.82. The molecule has 164 valence electrons. The van der Waals surface area contributed by atoms with Gasteiger partial charge in [-0.2, -0.15) is 0 Å². The summed E-state index contributed by atoms with van der Waals surface area (Å²) in [4.78, 5) is 26.0. The second-order valence-electron chi connectivity index (χ2n) is 8.55. The van der Waals surface area contributed by atoms with E-state index in [9.17, 15) is 9.59 Å². The first-order valence-electron chi connectivity index (χ1n) is 11.3. The Bertz CT molecular complexity index is 1080. The quantitative estimate of drug-likeness (QED) is 0.316. The minimum atomic E-state index is -0.465. The van der Waals surface area contributed by atoms with Crippen LogP contribution in [-0.2, 0) is 0 Å². The normalized spacial score (nSPS) is 13.8. The van der Waals surface area contributed by atoms with Crippen LogP contribution >= 0.6 is 0 Å². The summed E-state index contributed by atoms with van der Waals surface area (Å²) in [6, 6.07) is 21.8. The van der Waals surface area contributed by atoms with Gasteiger partial charge in [-0.25, -0.2) is 9.59 Å². The third-order valence-electron chi connectivity index (χ3n) is 6.00. The van der Waals surface area contributed by atoms with Gasteiger partial charge in [0.25, 0.3) is 0 Å². The van der Waals surface area contributed by atoms with Crippen LogP contribution in [0, 0.1) is 0 Å². The zero-order valence-corrected chi connectivity index (χ0v) is 18.5. The summed E-state index contributed by atoms with van der Waals surface area (Å²) in [5.74, 6) is 0.170. The van der Waals surface area contributed by atoms with Crippen molar-refractivity contribution in [2.75, 3.05) is 0 Å². The zero-order chi connectivity index (χ0) is 22.5. The molecule has 4 nitrogen and oxygen atoms in total. The highest BCUT2D eigenvalue weighted by atomic mass is 16.6. The van der Waals surface area contributed by atoms with Gasteiger partial charge in [-0.05, 0) is 48.9 Å². The number of benzene rings is 3. The Balaban J connectivity index is 1.79. The number of carbonyl (C=O) groups excluding carboxylic acids is 2. The molecular formula is C28H28O4. The highest BCUT2D eigenvalue weighted by Crippen LogP contribution is 2.46.